The normalized spacial score (nSPS) is 39.9. The predicted molar refractivity (Wildman–Crippen MR) is 139 cm³/mol. The van der Waals surface area contributed by atoms with Crippen LogP contribution in [0, 0.1) is 36.0 Å². The van der Waals surface area contributed by atoms with Gasteiger partial charge in [-0.1, -0.05) is 27.7 Å². The summed E-state index contributed by atoms with van der Waals surface area (Å²) >= 11 is 1.42. The lowest BCUT2D eigenvalue weighted by Gasteiger charge is -2.34. The Labute approximate surface area is 230 Å². The summed E-state index contributed by atoms with van der Waals surface area (Å²) in [6.45, 7) is 9.83. The number of epoxide rings is 1. The molecule has 0 spiro atoms. The van der Waals surface area contributed by atoms with E-state index in [-0.39, 0.29) is 24.7 Å². The molecule has 0 unspecified atom stereocenters. The van der Waals surface area contributed by atoms with Crippen molar-refractivity contribution < 1.29 is 42.4 Å². The zero-order valence-electron chi connectivity index (χ0n) is 23.1. The van der Waals surface area contributed by atoms with Crippen LogP contribution in [0.1, 0.15) is 71.0 Å². The molecule has 1 saturated carbocycles. The molecule has 1 aliphatic carbocycles. The molecule has 2 aliphatic heterocycles. The highest BCUT2D eigenvalue weighted by Gasteiger charge is 2.74. The van der Waals surface area contributed by atoms with E-state index >= 15 is 0 Å². The standard InChI is InChI=1S/C28H38F3NO6S/c1-13(7-18-12-39-16(4)32-18)20-9-22-27(38-22,28(29,30)31)11-17-8-19(17)14(2)24(35)15(3)25(36)26(5,6)21(33)10-23(34)37-20/h7,12,14-15,17,19-22,24,33,35H,8-11H2,1-6H3/t14-,15+,17-,19-,20-,21-,22-,24-,27+/m0/s1. The highest BCUT2D eigenvalue weighted by atomic mass is 32.1. The van der Waals surface area contributed by atoms with E-state index in [1.807, 2.05) is 6.92 Å². The number of ketones is 1. The monoisotopic (exact) mass is 573 g/mol. The number of aryl methyl sites for hydroxylation is 1. The number of thiazole rings is 1. The molecule has 2 N–H and O–H groups in total. The summed E-state index contributed by atoms with van der Waals surface area (Å²) in [5.74, 6) is -3.05. The molecule has 3 fully saturated rings. The van der Waals surface area contributed by atoms with E-state index in [1.54, 1.807) is 32.2 Å². The fraction of sp³-hybridized carbons (Fsp3) is 0.750. The maximum Gasteiger partial charge on any atom is 0.420 e. The Morgan fingerprint density at radius 3 is 2.46 bits per heavy atom. The van der Waals surface area contributed by atoms with Gasteiger partial charge in [0.1, 0.15) is 18.0 Å². The number of aliphatic hydroxyl groups excluding tert-OH is 2. The second-order valence-electron chi connectivity index (χ2n) is 12.2. The second-order valence-corrected chi connectivity index (χ2v) is 13.3. The molecule has 0 bridgehead atoms. The Bertz CT molecular complexity index is 1130. The highest BCUT2D eigenvalue weighted by molar-refractivity contribution is 7.09. The van der Waals surface area contributed by atoms with Crippen LogP contribution in [-0.4, -0.2) is 63.1 Å². The number of aliphatic hydroxyl groups is 2. The topological polar surface area (TPSA) is 109 Å². The number of hydrogen-bond acceptors (Lipinski definition) is 8. The Hall–Kier alpha value is -1.82. The Morgan fingerprint density at radius 2 is 1.87 bits per heavy atom. The van der Waals surface area contributed by atoms with Crippen molar-refractivity contribution in [3.05, 3.63) is 21.7 Å². The van der Waals surface area contributed by atoms with Gasteiger partial charge in [0.05, 0.1) is 34.7 Å². The van der Waals surface area contributed by atoms with Gasteiger partial charge in [-0.2, -0.15) is 13.2 Å². The first kappa shape index (κ1) is 30.1. The van der Waals surface area contributed by atoms with Gasteiger partial charge in [0.2, 0.25) is 0 Å². The molecule has 1 aromatic rings. The highest BCUT2D eigenvalue weighted by Crippen LogP contribution is 2.61. The fourth-order valence-electron chi connectivity index (χ4n) is 6.07. The van der Waals surface area contributed by atoms with Crippen molar-refractivity contribution in [1.29, 1.82) is 0 Å². The quantitative estimate of drug-likeness (QED) is 0.384. The van der Waals surface area contributed by atoms with E-state index < -0.39 is 71.6 Å². The third kappa shape index (κ3) is 5.96. The molecular weight excluding hydrogens is 535 g/mol. The minimum atomic E-state index is -4.63. The maximum atomic E-state index is 14.3. The van der Waals surface area contributed by atoms with Crippen LogP contribution in [0.5, 0.6) is 0 Å². The van der Waals surface area contributed by atoms with Crippen molar-refractivity contribution in [2.75, 3.05) is 0 Å². The largest absolute Gasteiger partial charge is 0.458 e. The van der Waals surface area contributed by atoms with E-state index in [2.05, 4.69) is 4.98 Å². The molecule has 218 valence electrons. The third-order valence-corrected chi connectivity index (χ3v) is 9.82. The summed E-state index contributed by atoms with van der Waals surface area (Å²) in [5, 5.41) is 24.5. The zero-order chi connectivity index (χ0) is 29.1. The average Bonchev–Trinajstić information content (AvgIpc) is 3.72. The van der Waals surface area contributed by atoms with Gasteiger partial charge in [0.15, 0.2) is 5.60 Å². The maximum absolute atomic E-state index is 14.3. The molecular formula is C28H38F3NO6S. The van der Waals surface area contributed by atoms with Gasteiger partial charge in [-0.25, -0.2) is 4.98 Å². The number of alkyl halides is 3. The summed E-state index contributed by atoms with van der Waals surface area (Å²) in [5.41, 5.74) is -2.60. The molecule has 1 aromatic heterocycles. The number of carbonyl (C=O) groups is 2. The van der Waals surface area contributed by atoms with E-state index in [4.69, 9.17) is 9.47 Å². The van der Waals surface area contributed by atoms with Crippen LogP contribution in [0.2, 0.25) is 0 Å². The zero-order valence-corrected chi connectivity index (χ0v) is 23.9. The fourth-order valence-corrected chi connectivity index (χ4v) is 6.64. The lowest BCUT2D eigenvalue weighted by molar-refractivity contribution is -0.187. The molecule has 3 heterocycles. The summed E-state index contributed by atoms with van der Waals surface area (Å²) in [4.78, 5) is 30.6. The number of fused-ring (bicyclic) bond motifs is 2. The molecule has 39 heavy (non-hydrogen) atoms. The Morgan fingerprint density at radius 1 is 1.21 bits per heavy atom. The summed E-state index contributed by atoms with van der Waals surface area (Å²) in [6.07, 6.45) is -8.19. The number of rotatable bonds is 2. The Balaban J connectivity index is 1.67. The number of ether oxygens (including phenoxy) is 2. The molecule has 7 nitrogen and oxygen atoms in total. The number of Topliss-reactive ketones (excluding diaryl/α,β-unsaturated/α-hetero) is 1. The number of nitrogens with zero attached hydrogens (tertiary/aromatic N) is 1. The lowest BCUT2D eigenvalue weighted by Crippen LogP contribution is -2.46. The number of esters is 1. The molecule has 2 saturated heterocycles. The van der Waals surface area contributed by atoms with Crippen molar-refractivity contribution in [2.24, 2.45) is 29.1 Å². The van der Waals surface area contributed by atoms with Gasteiger partial charge in [-0.3, -0.25) is 9.59 Å². The third-order valence-electron chi connectivity index (χ3n) is 9.03. The SMILES string of the molecule is CC(=Cc1csc(C)n1)[C@@H]1C[C@@H]2O[C@]2(C(F)(F)F)C[C@@H]2C[C@H]2[C@H](C)[C@H](O)[C@@H](C)C(=O)C(C)(C)[C@@H](O)CC(=O)O1. The van der Waals surface area contributed by atoms with Crippen molar-refractivity contribution in [2.45, 2.75) is 103 Å². The van der Waals surface area contributed by atoms with Crippen LogP contribution in [0.4, 0.5) is 13.2 Å². The molecule has 0 aromatic carbocycles. The Kier molecular flexibility index (Phi) is 8.15. The van der Waals surface area contributed by atoms with Crippen molar-refractivity contribution in [1.82, 2.24) is 4.98 Å². The van der Waals surface area contributed by atoms with E-state index in [0.29, 0.717) is 17.7 Å². The molecule has 4 rings (SSSR count). The number of halogens is 3. The van der Waals surface area contributed by atoms with Crippen LogP contribution < -0.4 is 0 Å². The first-order valence-corrected chi connectivity index (χ1v) is 14.3. The van der Waals surface area contributed by atoms with Crippen molar-refractivity contribution >= 4 is 29.2 Å². The molecule has 3 aliphatic rings. The number of hydrogen-bond donors (Lipinski definition) is 2. The molecule has 11 heteroatoms. The van der Waals surface area contributed by atoms with Crippen LogP contribution in [0.25, 0.3) is 6.08 Å². The second kappa shape index (κ2) is 10.5. The average molecular weight is 574 g/mol. The smallest absolute Gasteiger partial charge is 0.420 e. The van der Waals surface area contributed by atoms with Crippen LogP contribution in [-0.2, 0) is 19.1 Å². The van der Waals surface area contributed by atoms with Crippen molar-refractivity contribution in [3.8, 4) is 0 Å². The van der Waals surface area contributed by atoms with Crippen LogP contribution in [0.3, 0.4) is 0 Å². The van der Waals surface area contributed by atoms with E-state index in [1.165, 1.54) is 25.2 Å². The summed E-state index contributed by atoms with van der Waals surface area (Å²) in [6, 6.07) is 0. The van der Waals surface area contributed by atoms with Gasteiger partial charge in [0, 0.05) is 17.7 Å². The molecule has 9 atom stereocenters. The number of cyclic esters (lactones) is 1. The van der Waals surface area contributed by atoms with E-state index in [0.717, 1.165) is 5.01 Å². The minimum Gasteiger partial charge on any atom is -0.458 e. The first-order valence-electron chi connectivity index (χ1n) is 13.4. The van der Waals surface area contributed by atoms with Crippen molar-refractivity contribution in [3.63, 3.8) is 0 Å². The molecule has 0 radical (unpaired) electrons. The van der Waals surface area contributed by atoms with Crippen LogP contribution in [0.15, 0.2) is 11.0 Å². The van der Waals surface area contributed by atoms with Gasteiger partial charge in [0.25, 0.3) is 0 Å². The van der Waals surface area contributed by atoms with E-state index in [9.17, 15) is 33.0 Å². The lowest BCUT2D eigenvalue weighted by atomic mass is 9.72. The van der Waals surface area contributed by atoms with Gasteiger partial charge >= 0.3 is 12.1 Å². The molecule has 0 amide bonds. The predicted octanol–water partition coefficient (Wildman–Crippen LogP) is 4.88. The van der Waals surface area contributed by atoms with Crippen LogP contribution >= 0.6 is 11.3 Å². The minimum absolute atomic E-state index is 0.177. The summed E-state index contributed by atoms with van der Waals surface area (Å²) < 4.78 is 54.1. The first-order chi connectivity index (χ1) is 18.0. The van der Waals surface area contributed by atoms with Gasteiger partial charge in [-0.15, -0.1) is 11.3 Å². The van der Waals surface area contributed by atoms with Gasteiger partial charge in [-0.05, 0) is 56.1 Å². The van der Waals surface area contributed by atoms with Gasteiger partial charge < -0.3 is 19.7 Å². The summed E-state index contributed by atoms with van der Waals surface area (Å²) in [7, 11) is 0. The number of aromatic nitrogens is 1. The number of carbonyl (C=O) groups excluding carboxylic acids is 2.